The minimum atomic E-state index is 0.489. The Bertz CT molecular complexity index is 322. The predicted octanol–water partition coefficient (Wildman–Crippen LogP) is 2.68. The summed E-state index contributed by atoms with van der Waals surface area (Å²) in [6, 6.07) is 0. The summed E-state index contributed by atoms with van der Waals surface area (Å²) in [7, 11) is 1.66. The van der Waals surface area contributed by atoms with Crippen molar-refractivity contribution in [2.75, 3.05) is 25.2 Å². The van der Waals surface area contributed by atoms with Crippen LogP contribution in [0.4, 0.5) is 5.82 Å². The highest BCUT2D eigenvalue weighted by Gasteiger charge is 2.11. The summed E-state index contributed by atoms with van der Waals surface area (Å²) < 4.78 is 6.01. The lowest BCUT2D eigenvalue weighted by Crippen LogP contribution is -2.08. The van der Waals surface area contributed by atoms with E-state index in [1.165, 1.54) is 0 Å². The predicted molar refractivity (Wildman–Crippen MR) is 71.8 cm³/mol. The molecular weight excluding hydrogens is 290 g/mol. The van der Waals surface area contributed by atoms with E-state index < -0.39 is 0 Å². The molecule has 0 saturated carbocycles. The van der Waals surface area contributed by atoms with Crippen LogP contribution in [0.3, 0.4) is 0 Å². The van der Waals surface area contributed by atoms with Gasteiger partial charge in [0.2, 0.25) is 0 Å². The highest BCUT2D eigenvalue weighted by molar-refractivity contribution is 9.10. The molecule has 1 heterocycles. The molecule has 0 bridgehead atoms. The number of nitrogens with zero attached hydrogens (tertiary/aromatic N) is 2. The lowest BCUT2D eigenvalue weighted by molar-refractivity contribution is 0.180. The van der Waals surface area contributed by atoms with Gasteiger partial charge in [-0.3, -0.25) is 0 Å². The van der Waals surface area contributed by atoms with Crippen LogP contribution >= 0.6 is 27.7 Å². The van der Waals surface area contributed by atoms with Gasteiger partial charge in [-0.25, -0.2) is 9.97 Å². The Labute approximate surface area is 109 Å². The zero-order valence-electron chi connectivity index (χ0n) is 9.71. The molecule has 1 aromatic rings. The quantitative estimate of drug-likeness (QED) is 0.875. The van der Waals surface area contributed by atoms with Gasteiger partial charge in [0.1, 0.15) is 11.6 Å². The van der Waals surface area contributed by atoms with Crippen LogP contribution in [0.25, 0.3) is 0 Å². The van der Waals surface area contributed by atoms with Gasteiger partial charge >= 0.3 is 0 Å². The van der Waals surface area contributed by atoms with Crippen molar-refractivity contribution >= 4 is 33.5 Å². The van der Waals surface area contributed by atoms with Gasteiger partial charge in [0, 0.05) is 13.7 Å². The fourth-order valence-electron chi connectivity index (χ4n) is 1.26. The standard InChI is InChI=1S/C10H16BrN3OS/c1-4-12-10-9(11)7(5-15-2)13-8(14-10)6-16-3/h4-6H2,1-3H3,(H,12,13,14). The first-order chi connectivity index (χ1) is 7.72. The molecule has 0 saturated heterocycles. The van der Waals surface area contributed by atoms with Gasteiger partial charge < -0.3 is 10.1 Å². The Kier molecular flexibility index (Phi) is 6.08. The molecule has 0 unspecified atom stereocenters. The molecule has 0 aliphatic heterocycles. The number of ether oxygens (including phenoxy) is 1. The van der Waals surface area contributed by atoms with E-state index in [0.717, 1.165) is 34.1 Å². The van der Waals surface area contributed by atoms with Gasteiger partial charge in [0.15, 0.2) is 0 Å². The summed E-state index contributed by atoms with van der Waals surface area (Å²) in [5, 5.41) is 3.21. The van der Waals surface area contributed by atoms with Crippen LogP contribution in [0.1, 0.15) is 18.4 Å². The van der Waals surface area contributed by atoms with Crippen molar-refractivity contribution in [1.29, 1.82) is 0 Å². The summed E-state index contributed by atoms with van der Waals surface area (Å²) in [5.41, 5.74) is 0.887. The van der Waals surface area contributed by atoms with Crippen LogP contribution < -0.4 is 5.32 Å². The van der Waals surface area contributed by atoms with Gasteiger partial charge in [-0.05, 0) is 29.1 Å². The van der Waals surface area contributed by atoms with Gasteiger partial charge in [-0.2, -0.15) is 11.8 Å². The molecular formula is C10H16BrN3OS. The number of methoxy groups -OCH3 is 1. The second kappa shape index (κ2) is 7.09. The number of anilines is 1. The maximum absolute atomic E-state index is 5.12. The molecule has 90 valence electrons. The molecule has 0 aliphatic carbocycles. The number of rotatable bonds is 6. The first kappa shape index (κ1) is 13.7. The van der Waals surface area contributed by atoms with E-state index >= 15 is 0 Å². The Balaban J connectivity index is 3.05. The average molecular weight is 306 g/mol. The third-order valence-electron chi connectivity index (χ3n) is 1.86. The Morgan fingerprint density at radius 3 is 2.75 bits per heavy atom. The topological polar surface area (TPSA) is 47.0 Å². The lowest BCUT2D eigenvalue weighted by atomic mass is 10.4. The van der Waals surface area contributed by atoms with E-state index in [1.54, 1.807) is 18.9 Å². The monoisotopic (exact) mass is 305 g/mol. The van der Waals surface area contributed by atoms with Gasteiger partial charge in [-0.1, -0.05) is 0 Å². The van der Waals surface area contributed by atoms with E-state index in [4.69, 9.17) is 4.74 Å². The fourth-order valence-corrected chi connectivity index (χ4v) is 2.07. The molecule has 0 fully saturated rings. The number of aromatic nitrogens is 2. The van der Waals surface area contributed by atoms with E-state index in [-0.39, 0.29) is 0 Å². The molecule has 6 heteroatoms. The number of hydrogen-bond acceptors (Lipinski definition) is 5. The van der Waals surface area contributed by atoms with Crippen LogP contribution in [0.15, 0.2) is 4.47 Å². The Morgan fingerprint density at radius 2 is 2.19 bits per heavy atom. The zero-order valence-corrected chi connectivity index (χ0v) is 12.1. The van der Waals surface area contributed by atoms with Crippen molar-refractivity contribution < 1.29 is 4.74 Å². The van der Waals surface area contributed by atoms with Gasteiger partial charge in [0.25, 0.3) is 0 Å². The number of hydrogen-bond donors (Lipinski definition) is 1. The molecule has 0 spiro atoms. The molecule has 0 amide bonds. The second-order valence-corrected chi connectivity index (χ2v) is 4.80. The number of thioether (sulfide) groups is 1. The third-order valence-corrected chi connectivity index (χ3v) is 3.24. The average Bonchev–Trinajstić information content (AvgIpc) is 2.26. The van der Waals surface area contributed by atoms with E-state index in [9.17, 15) is 0 Å². The molecule has 4 nitrogen and oxygen atoms in total. The van der Waals surface area contributed by atoms with Crippen LogP contribution in [0, 0.1) is 0 Å². The van der Waals surface area contributed by atoms with Crippen LogP contribution in [0.5, 0.6) is 0 Å². The highest BCUT2D eigenvalue weighted by Crippen LogP contribution is 2.25. The molecule has 0 aliphatic rings. The second-order valence-electron chi connectivity index (χ2n) is 3.15. The highest BCUT2D eigenvalue weighted by atomic mass is 79.9. The van der Waals surface area contributed by atoms with Gasteiger partial charge in [0.05, 0.1) is 22.5 Å². The molecule has 0 aromatic carbocycles. The van der Waals surface area contributed by atoms with E-state index in [0.29, 0.717) is 6.61 Å². The lowest BCUT2D eigenvalue weighted by Gasteiger charge is -2.11. The molecule has 1 aromatic heterocycles. The molecule has 16 heavy (non-hydrogen) atoms. The van der Waals surface area contributed by atoms with E-state index in [1.807, 2.05) is 13.2 Å². The smallest absolute Gasteiger partial charge is 0.144 e. The maximum Gasteiger partial charge on any atom is 0.144 e. The first-order valence-electron chi connectivity index (χ1n) is 5.00. The summed E-state index contributed by atoms with van der Waals surface area (Å²) in [4.78, 5) is 8.90. The largest absolute Gasteiger partial charge is 0.378 e. The Morgan fingerprint density at radius 1 is 1.44 bits per heavy atom. The van der Waals surface area contributed by atoms with Gasteiger partial charge in [-0.15, -0.1) is 0 Å². The molecule has 0 atom stereocenters. The molecule has 0 radical (unpaired) electrons. The Hall–Kier alpha value is -0.330. The first-order valence-corrected chi connectivity index (χ1v) is 7.18. The van der Waals surface area contributed by atoms with Crippen molar-refractivity contribution in [2.45, 2.75) is 19.3 Å². The number of nitrogens with one attached hydrogen (secondary N) is 1. The molecule has 1 rings (SSSR count). The van der Waals surface area contributed by atoms with E-state index in [2.05, 4.69) is 31.2 Å². The third kappa shape index (κ3) is 3.61. The fraction of sp³-hybridized carbons (Fsp3) is 0.600. The van der Waals surface area contributed by atoms with Crippen molar-refractivity contribution in [2.24, 2.45) is 0 Å². The van der Waals surface area contributed by atoms with Crippen LogP contribution in [-0.2, 0) is 17.1 Å². The summed E-state index contributed by atoms with van der Waals surface area (Å²) in [5.74, 6) is 2.48. The minimum Gasteiger partial charge on any atom is -0.378 e. The summed E-state index contributed by atoms with van der Waals surface area (Å²) in [6.07, 6.45) is 2.04. The number of halogens is 1. The van der Waals surface area contributed by atoms with Crippen molar-refractivity contribution in [3.05, 3.63) is 16.0 Å². The normalized spacial score (nSPS) is 10.5. The molecule has 1 N–H and O–H groups in total. The zero-order chi connectivity index (χ0) is 12.0. The van der Waals surface area contributed by atoms with Crippen molar-refractivity contribution in [1.82, 2.24) is 9.97 Å². The summed E-state index contributed by atoms with van der Waals surface area (Å²) in [6.45, 7) is 3.36. The van der Waals surface area contributed by atoms with Crippen molar-refractivity contribution in [3.63, 3.8) is 0 Å². The van der Waals surface area contributed by atoms with Crippen LogP contribution in [-0.4, -0.2) is 29.9 Å². The summed E-state index contributed by atoms with van der Waals surface area (Å²) >= 11 is 5.20. The van der Waals surface area contributed by atoms with Crippen LogP contribution in [0.2, 0.25) is 0 Å². The SMILES string of the molecule is CCNc1nc(CSC)nc(COC)c1Br. The maximum atomic E-state index is 5.12. The van der Waals surface area contributed by atoms with Crippen molar-refractivity contribution in [3.8, 4) is 0 Å². The minimum absolute atomic E-state index is 0.489.